The van der Waals surface area contributed by atoms with E-state index in [-0.39, 0.29) is 5.91 Å². The van der Waals surface area contributed by atoms with Crippen molar-refractivity contribution in [3.05, 3.63) is 109 Å². The summed E-state index contributed by atoms with van der Waals surface area (Å²) in [5, 5.41) is 13.4. The molecule has 0 unspecified atom stereocenters. The van der Waals surface area contributed by atoms with Gasteiger partial charge in [0.05, 0.1) is 33.8 Å². The second-order valence-electron chi connectivity index (χ2n) is 18.4. The summed E-state index contributed by atoms with van der Waals surface area (Å²) in [4.78, 5) is 53.4. The van der Waals surface area contributed by atoms with Crippen molar-refractivity contribution in [1.82, 2.24) is 49.9 Å². The van der Waals surface area contributed by atoms with Crippen LogP contribution < -0.4 is 16.0 Å². The van der Waals surface area contributed by atoms with Crippen molar-refractivity contribution in [3.63, 3.8) is 0 Å². The van der Waals surface area contributed by atoms with Gasteiger partial charge in [0.25, 0.3) is 0 Å². The molecule has 0 aliphatic carbocycles. The lowest BCUT2D eigenvalue weighted by molar-refractivity contribution is -0.127. The molecule has 17 heteroatoms. The van der Waals surface area contributed by atoms with E-state index >= 15 is 0 Å². The number of H-pyrrole nitrogens is 2. The largest absolute Gasteiger partial charge is 0.360 e. The van der Waals surface area contributed by atoms with Crippen LogP contribution in [0.3, 0.4) is 0 Å². The quantitative estimate of drug-likeness (QED) is 0.0586. The first-order valence-corrected chi connectivity index (χ1v) is 25.4. The number of fused-ring (bicyclic) bond motifs is 2. The van der Waals surface area contributed by atoms with E-state index in [0.717, 1.165) is 141 Å². The minimum Gasteiger partial charge on any atom is -0.360 e. The highest BCUT2D eigenvalue weighted by Gasteiger charge is 2.27. The smallest absolute Gasteiger partial charge is 0.245 e. The molecular formula is C52H63Cl3N12O2. The van der Waals surface area contributed by atoms with Gasteiger partial charge in [-0.15, -0.1) is 0 Å². The Kier molecular flexibility index (Phi) is 17.7. The highest BCUT2D eigenvalue weighted by Crippen LogP contribution is 2.34. The predicted molar refractivity (Wildman–Crippen MR) is 281 cm³/mol. The maximum Gasteiger partial charge on any atom is 0.245 e. The van der Waals surface area contributed by atoms with Gasteiger partial charge in [0, 0.05) is 110 Å². The molecule has 0 radical (unpaired) electrons. The number of aromatic nitrogens is 6. The highest BCUT2D eigenvalue weighted by molar-refractivity contribution is 6.66. The number of anilines is 2. The fourth-order valence-electron chi connectivity index (χ4n) is 9.93. The fraction of sp³-hybridized carbons (Fsp3) is 0.423. The van der Waals surface area contributed by atoms with E-state index in [4.69, 9.17) is 44.8 Å². The molecule has 4 aliphatic heterocycles. The Bertz CT molecular complexity index is 2660. The number of nitrogens with one attached hydrogen (secondary N) is 5. The highest BCUT2D eigenvalue weighted by atomic mass is 35.5. The number of carbonyl (C=O) groups is 2. The molecule has 4 saturated heterocycles. The van der Waals surface area contributed by atoms with E-state index in [1.807, 2.05) is 47.6 Å². The lowest BCUT2D eigenvalue weighted by Crippen LogP contribution is -2.44. The van der Waals surface area contributed by atoms with Crippen LogP contribution in [0.1, 0.15) is 51.4 Å². The number of hydrogen-bond donors (Lipinski definition) is 5. The third kappa shape index (κ3) is 13.5. The molecule has 4 fully saturated rings. The summed E-state index contributed by atoms with van der Waals surface area (Å²) in [7, 11) is 0. The first kappa shape index (κ1) is 50.1. The summed E-state index contributed by atoms with van der Waals surface area (Å²) < 4.78 is 0. The van der Waals surface area contributed by atoms with Crippen LogP contribution in [0.5, 0.6) is 0 Å². The standard InChI is InChI=1S/C26H31ClN6O.C23H29ClN6.C3H3ClO/c1-2-24(34)33-13-7-18(8-14-33)17-32-11-9-19(10-12-32)30-26-29-16-22(27)25(31-26)21-15-28-23-6-4-3-5-20(21)23;24-20-14-27-23(29-22(20)19-13-26-21-4-2-1-3-18(19)21)28-17-7-11-30(12-8-17)15-16-5-9-25-10-6-16;1-2-3(4)5/h2-6,15-16,18-19,28H,1,7-14,17H2,(H,29,30,31);1-4,13-14,16-17,25-26H,5-12,15H2,(H,27,28,29);2H,1H2. The molecule has 0 spiro atoms. The lowest BCUT2D eigenvalue weighted by Gasteiger charge is -2.37. The second-order valence-corrected chi connectivity index (χ2v) is 19.6. The van der Waals surface area contributed by atoms with Crippen LogP contribution in [0.2, 0.25) is 10.0 Å². The van der Waals surface area contributed by atoms with Crippen LogP contribution in [-0.4, -0.2) is 133 Å². The topological polar surface area (TPSA) is 163 Å². The van der Waals surface area contributed by atoms with Gasteiger partial charge in [-0.05, 0) is 112 Å². The minimum absolute atomic E-state index is 0.0580. The van der Waals surface area contributed by atoms with Gasteiger partial charge in [-0.1, -0.05) is 72.8 Å². The van der Waals surface area contributed by atoms with Gasteiger partial charge in [-0.2, -0.15) is 0 Å². The van der Waals surface area contributed by atoms with Gasteiger partial charge >= 0.3 is 0 Å². The van der Waals surface area contributed by atoms with Crippen molar-refractivity contribution in [3.8, 4) is 22.5 Å². The van der Waals surface area contributed by atoms with E-state index in [9.17, 15) is 9.59 Å². The maximum atomic E-state index is 11.8. The molecule has 364 valence electrons. The number of hydrogen-bond acceptors (Lipinski definition) is 11. The van der Waals surface area contributed by atoms with Crippen molar-refractivity contribution >= 4 is 79.7 Å². The zero-order chi connectivity index (χ0) is 48.1. The molecule has 14 nitrogen and oxygen atoms in total. The van der Waals surface area contributed by atoms with Crippen LogP contribution in [-0.2, 0) is 9.59 Å². The number of amides is 1. The molecule has 69 heavy (non-hydrogen) atoms. The Morgan fingerprint density at radius 2 is 1.07 bits per heavy atom. The number of para-hydroxylation sites is 2. The van der Waals surface area contributed by atoms with Crippen molar-refractivity contribution in [1.29, 1.82) is 0 Å². The molecule has 4 aromatic heterocycles. The van der Waals surface area contributed by atoms with Crippen molar-refractivity contribution < 1.29 is 9.59 Å². The van der Waals surface area contributed by atoms with Gasteiger partial charge in [-0.25, -0.2) is 19.9 Å². The number of likely N-dealkylation sites (tertiary alicyclic amines) is 3. The lowest BCUT2D eigenvalue weighted by atomic mass is 9.94. The first-order valence-electron chi connectivity index (χ1n) is 24.2. The number of halogens is 3. The molecule has 8 heterocycles. The van der Waals surface area contributed by atoms with Gasteiger partial charge in [0.2, 0.25) is 23.0 Å². The maximum absolute atomic E-state index is 11.8. The SMILES string of the molecule is C=CC(=O)Cl.C=CC(=O)N1CCC(CN2CCC(Nc3ncc(Cl)c(-c4c[nH]c5ccccc45)n3)CC2)CC1.Clc1cnc(NC2CCN(CC3CCNCC3)CC2)nc1-c1c[nH]c2ccccc12. The molecule has 0 atom stereocenters. The van der Waals surface area contributed by atoms with Crippen molar-refractivity contribution in [2.75, 3.05) is 76.1 Å². The molecule has 0 saturated carbocycles. The predicted octanol–water partition coefficient (Wildman–Crippen LogP) is 9.67. The second kappa shape index (κ2) is 24.5. The molecular weight excluding hydrogens is 931 g/mol. The normalized spacial score (nSPS) is 17.9. The number of carbonyl (C=O) groups excluding carboxylic acids is 2. The summed E-state index contributed by atoms with van der Waals surface area (Å²) in [5.74, 6) is 2.87. The van der Waals surface area contributed by atoms with Crippen LogP contribution >= 0.6 is 34.8 Å². The van der Waals surface area contributed by atoms with Gasteiger partial charge in [0.15, 0.2) is 0 Å². The van der Waals surface area contributed by atoms with Crippen molar-refractivity contribution in [2.45, 2.75) is 63.5 Å². The Hall–Kier alpha value is -5.35. The number of rotatable bonds is 12. The average Bonchev–Trinajstić information content (AvgIpc) is 4.02. The molecule has 1 amide bonds. The van der Waals surface area contributed by atoms with E-state index in [2.05, 4.69) is 77.0 Å². The van der Waals surface area contributed by atoms with E-state index in [1.165, 1.54) is 38.6 Å². The van der Waals surface area contributed by atoms with E-state index in [0.29, 0.717) is 39.9 Å². The summed E-state index contributed by atoms with van der Waals surface area (Å²) in [6.45, 7) is 17.5. The molecule has 0 bridgehead atoms. The summed E-state index contributed by atoms with van der Waals surface area (Å²) in [5.41, 5.74) is 5.66. The first-order chi connectivity index (χ1) is 33.6. The zero-order valence-electron chi connectivity index (χ0n) is 39.1. The monoisotopic (exact) mass is 992 g/mol. The Balaban J connectivity index is 0.000000171. The zero-order valence-corrected chi connectivity index (χ0v) is 41.4. The van der Waals surface area contributed by atoms with E-state index < -0.39 is 5.24 Å². The summed E-state index contributed by atoms with van der Waals surface area (Å²) in [6, 6.07) is 17.1. The Morgan fingerprint density at radius 3 is 1.51 bits per heavy atom. The molecule has 10 rings (SSSR count). The van der Waals surface area contributed by atoms with Crippen LogP contribution in [0, 0.1) is 11.8 Å². The summed E-state index contributed by atoms with van der Waals surface area (Å²) in [6.07, 6.45) is 18.9. The van der Waals surface area contributed by atoms with Gasteiger partial charge in [0.1, 0.15) is 0 Å². The molecule has 2 aromatic carbocycles. The molecule has 6 aromatic rings. The number of aromatic amines is 2. The average molecular weight is 995 g/mol. The van der Waals surface area contributed by atoms with Gasteiger partial charge in [-0.3, -0.25) is 9.59 Å². The van der Waals surface area contributed by atoms with Crippen LogP contribution in [0.4, 0.5) is 11.9 Å². The number of benzene rings is 2. The van der Waals surface area contributed by atoms with Crippen LogP contribution in [0.15, 0.2) is 98.6 Å². The van der Waals surface area contributed by atoms with Gasteiger partial charge < -0.3 is 40.6 Å². The van der Waals surface area contributed by atoms with E-state index in [1.54, 1.807) is 12.4 Å². The third-order valence-corrected chi connectivity index (χ3v) is 14.5. The Labute approximate surface area is 419 Å². The number of allylic oxidation sites excluding steroid dienone is 1. The molecule has 5 N–H and O–H groups in total. The molecule has 4 aliphatic rings. The Morgan fingerprint density at radius 1 is 0.638 bits per heavy atom. The van der Waals surface area contributed by atoms with Crippen LogP contribution in [0.25, 0.3) is 44.3 Å². The third-order valence-electron chi connectivity index (χ3n) is 13.8. The fourth-order valence-corrected chi connectivity index (χ4v) is 10.3. The van der Waals surface area contributed by atoms with Crippen molar-refractivity contribution in [2.24, 2.45) is 11.8 Å². The number of piperidine rings is 4. The number of nitrogens with zero attached hydrogens (tertiary/aromatic N) is 7. The summed E-state index contributed by atoms with van der Waals surface area (Å²) >= 11 is 17.6. The minimum atomic E-state index is -0.509.